The van der Waals surface area contributed by atoms with Crippen molar-refractivity contribution in [3.63, 3.8) is 0 Å². The lowest BCUT2D eigenvalue weighted by Crippen LogP contribution is -2.47. The molecule has 0 bridgehead atoms. The highest BCUT2D eigenvalue weighted by molar-refractivity contribution is 5.97. The molecule has 0 unspecified atom stereocenters. The molecule has 22 heavy (non-hydrogen) atoms. The van der Waals surface area contributed by atoms with E-state index in [0.29, 0.717) is 0 Å². The van der Waals surface area contributed by atoms with E-state index >= 15 is 0 Å². The molecule has 3 heteroatoms. The van der Waals surface area contributed by atoms with Gasteiger partial charge in [0.2, 0.25) is 0 Å². The fourth-order valence-corrected chi connectivity index (χ4v) is 3.75. The van der Waals surface area contributed by atoms with Gasteiger partial charge in [-0.3, -0.25) is 4.79 Å². The summed E-state index contributed by atoms with van der Waals surface area (Å²) in [4.78, 5) is 14.8. The highest BCUT2D eigenvalue weighted by Crippen LogP contribution is 2.44. The summed E-state index contributed by atoms with van der Waals surface area (Å²) in [5, 5.41) is 0. The van der Waals surface area contributed by atoms with Gasteiger partial charge < -0.3 is 9.64 Å². The Hall–Kier alpha value is -2.13. The van der Waals surface area contributed by atoms with Gasteiger partial charge in [0, 0.05) is 11.5 Å². The maximum Gasteiger partial charge on any atom is 0.256 e. The fourth-order valence-electron chi connectivity index (χ4n) is 3.75. The van der Waals surface area contributed by atoms with Crippen molar-refractivity contribution in [3.05, 3.63) is 71.3 Å². The first-order valence-electron chi connectivity index (χ1n) is 7.80. The summed E-state index contributed by atoms with van der Waals surface area (Å²) < 4.78 is 6.31. The average Bonchev–Trinajstić information content (AvgIpc) is 2.91. The van der Waals surface area contributed by atoms with Crippen LogP contribution in [0.5, 0.6) is 0 Å². The van der Waals surface area contributed by atoms with Crippen LogP contribution in [0, 0.1) is 0 Å². The van der Waals surface area contributed by atoms with Gasteiger partial charge in [-0.15, -0.1) is 0 Å². The van der Waals surface area contributed by atoms with E-state index in [9.17, 15) is 4.79 Å². The normalized spacial score (nSPS) is 30.1. The van der Waals surface area contributed by atoms with Crippen molar-refractivity contribution in [2.75, 3.05) is 0 Å². The van der Waals surface area contributed by atoms with E-state index in [-0.39, 0.29) is 30.2 Å². The summed E-state index contributed by atoms with van der Waals surface area (Å²) in [6.45, 7) is 4.22. The Labute approximate surface area is 130 Å². The van der Waals surface area contributed by atoms with Crippen molar-refractivity contribution in [1.29, 1.82) is 0 Å². The van der Waals surface area contributed by atoms with Gasteiger partial charge in [-0.1, -0.05) is 55.5 Å². The summed E-state index contributed by atoms with van der Waals surface area (Å²) in [7, 11) is 0. The average molecular weight is 293 g/mol. The highest BCUT2D eigenvalue weighted by atomic mass is 16.5. The molecule has 2 aromatic carbocycles. The Morgan fingerprint density at radius 2 is 1.64 bits per heavy atom. The minimum Gasteiger partial charge on any atom is -0.348 e. The third-order valence-electron chi connectivity index (χ3n) is 4.91. The standard InChI is InChI=1S/C19H19NO2/c1-12-15-10-6-7-11-16(15)18(21)20-13(2)17(22-19(12)20)14-8-4-3-5-9-14/h3-13,17,19H,1-2H3/t12-,13+,17+,19+/m1/s1. The number of hydrogen-bond acceptors (Lipinski definition) is 2. The topological polar surface area (TPSA) is 29.5 Å². The van der Waals surface area contributed by atoms with E-state index in [2.05, 4.69) is 26.0 Å². The van der Waals surface area contributed by atoms with Gasteiger partial charge in [0.25, 0.3) is 5.91 Å². The van der Waals surface area contributed by atoms with Crippen LogP contribution in [0.3, 0.4) is 0 Å². The number of fused-ring (bicyclic) bond motifs is 2. The second kappa shape index (κ2) is 4.96. The van der Waals surface area contributed by atoms with E-state index in [1.807, 2.05) is 47.4 Å². The smallest absolute Gasteiger partial charge is 0.256 e. The van der Waals surface area contributed by atoms with E-state index < -0.39 is 0 Å². The SMILES string of the molecule is C[C@@H]1c2ccccc2C(=O)N2[C@@H](C)[C@@H](c3ccccc3)O[C@@H]12. The van der Waals surface area contributed by atoms with Crippen molar-refractivity contribution < 1.29 is 9.53 Å². The first-order chi connectivity index (χ1) is 10.7. The monoisotopic (exact) mass is 293 g/mol. The van der Waals surface area contributed by atoms with Gasteiger partial charge in [0.05, 0.1) is 6.04 Å². The number of carbonyl (C=O) groups is 1. The fraction of sp³-hybridized carbons (Fsp3) is 0.316. The van der Waals surface area contributed by atoms with E-state index in [0.717, 1.165) is 16.7 Å². The molecule has 1 fully saturated rings. The Bertz CT molecular complexity index is 712. The Morgan fingerprint density at radius 1 is 0.955 bits per heavy atom. The van der Waals surface area contributed by atoms with Crippen molar-refractivity contribution >= 4 is 5.91 Å². The van der Waals surface area contributed by atoms with Crippen LogP contribution in [0.1, 0.15) is 47.4 Å². The van der Waals surface area contributed by atoms with Gasteiger partial charge >= 0.3 is 0 Å². The second-order valence-corrected chi connectivity index (χ2v) is 6.19. The molecule has 0 radical (unpaired) electrons. The Balaban J connectivity index is 1.75. The maximum absolute atomic E-state index is 12.9. The van der Waals surface area contributed by atoms with Crippen LogP contribution in [0.4, 0.5) is 0 Å². The molecule has 0 aromatic heterocycles. The number of benzene rings is 2. The predicted molar refractivity (Wildman–Crippen MR) is 84.5 cm³/mol. The maximum atomic E-state index is 12.9. The Kier molecular flexibility index (Phi) is 3.05. The molecule has 0 spiro atoms. The molecule has 3 nitrogen and oxygen atoms in total. The molecule has 0 N–H and O–H groups in total. The highest BCUT2D eigenvalue weighted by Gasteiger charge is 2.49. The third kappa shape index (κ3) is 1.82. The zero-order chi connectivity index (χ0) is 15.3. The van der Waals surface area contributed by atoms with E-state index in [4.69, 9.17) is 4.74 Å². The summed E-state index contributed by atoms with van der Waals surface area (Å²) in [6, 6.07) is 18.1. The van der Waals surface area contributed by atoms with Crippen LogP contribution in [0.15, 0.2) is 54.6 Å². The number of carbonyl (C=O) groups excluding carboxylic acids is 1. The summed E-state index contributed by atoms with van der Waals surface area (Å²) in [5.41, 5.74) is 3.04. The Morgan fingerprint density at radius 3 is 2.41 bits per heavy atom. The first-order valence-corrected chi connectivity index (χ1v) is 7.80. The lowest BCUT2D eigenvalue weighted by molar-refractivity contribution is -0.0151. The minimum atomic E-state index is -0.178. The minimum absolute atomic E-state index is 0.0377. The molecule has 0 aliphatic carbocycles. The molecular weight excluding hydrogens is 274 g/mol. The molecule has 4 atom stereocenters. The molecule has 4 rings (SSSR count). The van der Waals surface area contributed by atoms with Gasteiger partial charge in [0.1, 0.15) is 12.3 Å². The molecule has 112 valence electrons. The largest absolute Gasteiger partial charge is 0.348 e. The molecule has 2 aromatic rings. The zero-order valence-corrected chi connectivity index (χ0v) is 12.8. The van der Waals surface area contributed by atoms with E-state index in [1.54, 1.807) is 0 Å². The number of hydrogen-bond donors (Lipinski definition) is 0. The molecule has 1 saturated heterocycles. The van der Waals surface area contributed by atoms with Crippen molar-refractivity contribution in [3.8, 4) is 0 Å². The predicted octanol–water partition coefficient (Wildman–Crippen LogP) is 3.73. The number of nitrogens with zero attached hydrogens (tertiary/aromatic N) is 1. The molecule has 1 amide bonds. The van der Waals surface area contributed by atoms with Gasteiger partial charge in [0.15, 0.2) is 0 Å². The van der Waals surface area contributed by atoms with Crippen molar-refractivity contribution in [1.82, 2.24) is 4.90 Å². The first kappa shape index (κ1) is 13.5. The quantitative estimate of drug-likeness (QED) is 0.801. The lowest BCUT2D eigenvalue weighted by Gasteiger charge is -2.36. The number of rotatable bonds is 1. The van der Waals surface area contributed by atoms with Crippen LogP contribution < -0.4 is 0 Å². The summed E-state index contributed by atoms with van der Waals surface area (Å²) in [6.07, 6.45) is -0.241. The van der Waals surface area contributed by atoms with Crippen molar-refractivity contribution in [2.45, 2.75) is 38.1 Å². The van der Waals surface area contributed by atoms with Gasteiger partial charge in [-0.2, -0.15) is 0 Å². The molecule has 0 saturated carbocycles. The van der Waals surface area contributed by atoms with E-state index in [1.165, 1.54) is 0 Å². The van der Waals surface area contributed by atoms with Crippen LogP contribution in [0.25, 0.3) is 0 Å². The lowest BCUT2D eigenvalue weighted by atomic mass is 9.88. The number of ether oxygens (including phenoxy) is 1. The molecule has 2 aliphatic rings. The zero-order valence-electron chi connectivity index (χ0n) is 12.8. The van der Waals surface area contributed by atoms with Crippen LogP contribution in [-0.4, -0.2) is 23.1 Å². The number of amides is 1. The third-order valence-corrected chi connectivity index (χ3v) is 4.91. The van der Waals surface area contributed by atoms with Crippen LogP contribution >= 0.6 is 0 Å². The van der Waals surface area contributed by atoms with Gasteiger partial charge in [-0.05, 0) is 24.1 Å². The van der Waals surface area contributed by atoms with Gasteiger partial charge in [-0.25, -0.2) is 0 Å². The molecular formula is C19H19NO2. The summed E-state index contributed by atoms with van der Waals surface area (Å²) in [5.74, 6) is 0.273. The van der Waals surface area contributed by atoms with Crippen molar-refractivity contribution in [2.24, 2.45) is 0 Å². The van der Waals surface area contributed by atoms with Crippen LogP contribution in [-0.2, 0) is 4.74 Å². The molecule has 2 aliphatic heterocycles. The van der Waals surface area contributed by atoms with Crippen LogP contribution in [0.2, 0.25) is 0 Å². The summed E-state index contributed by atoms with van der Waals surface area (Å²) >= 11 is 0. The molecule has 2 heterocycles. The second-order valence-electron chi connectivity index (χ2n) is 6.19.